The Kier molecular flexibility index (Phi) is 3.84. The van der Waals surface area contributed by atoms with E-state index in [0.717, 1.165) is 16.6 Å². The molecule has 21 heavy (non-hydrogen) atoms. The molecule has 4 heteroatoms. The van der Waals surface area contributed by atoms with Crippen LogP contribution in [-0.2, 0) is 11.3 Å². The van der Waals surface area contributed by atoms with Crippen molar-refractivity contribution in [1.29, 1.82) is 0 Å². The van der Waals surface area contributed by atoms with E-state index in [-0.39, 0.29) is 12.6 Å². The first-order chi connectivity index (χ1) is 10.2. The van der Waals surface area contributed by atoms with Crippen molar-refractivity contribution in [3.8, 4) is 0 Å². The van der Waals surface area contributed by atoms with Crippen LogP contribution in [0.15, 0.2) is 60.7 Å². The lowest BCUT2D eigenvalue weighted by Crippen LogP contribution is -2.06. The van der Waals surface area contributed by atoms with E-state index in [1.807, 2.05) is 36.4 Å². The molecule has 0 aliphatic carbocycles. The second kappa shape index (κ2) is 5.94. The van der Waals surface area contributed by atoms with Gasteiger partial charge < -0.3 is 4.74 Å². The van der Waals surface area contributed by atoms with E-state index in [1.165, 1.54) is 0 Å². The number of carbonyl (C=O) groups is 1. The summed E-state index contributed by atoms with van der Waals surface area (Å²) in [6.07, 6.45) is 0. The van der Waals surface area contributed by atoms with Gasteiger partial charge in [0.25, 0.3) is 0 Å². The molecule has 2 aromatic carbocycles. The third kappa shape index (κ3) is 3.20. The number of fused-ring (bicyclic) bond motifs is 1. The molecule has 3 aromatic rings. The third-order valence-corrected chi connectivity index (χ3v) is 3.34. The van der Waals surface area contributed by atoms with Crippen molar-refractivity contribution in [2.75, 3.05) is 0 Å². The van der Waals surface area contributed by atoms with Gasteiger partial charge in [0.15, 0.2) is 0 Å². The Hall–Kier alpha value is -2.39. The smallest absolute Gasteiger partial charge is 0.338 e. The molecule has 0 spiro atoms. The van der Waals surface area contributed by atoms with Gasteiger partial charge in [-0.3, -0.25) is 0 Å². The number of carbonyl (C=O) groups excluding carboxylic acids is 1. The standard InChI is InChI=1S/C17H12ClNO2/c18-14-8-5-13(6-9-14)17(20)21-11-15-10-7-12-3-1-2-4-16(12)19-15/h1-10H,11H2. The van der Waals surface area contributed by atoms with E-state index in [4.69, 9.17) is 16.3 Å². The largest absolute Gasteiger partial charge is 0.456 e. The summed E-state index contributed by atoms with van der Waals surface area (Å²) in [7, 11) is 0. The van der Waals surface area contributed by atoms with Crippen LogP contribution in [0.4, 0.5) is 0 Å². The van der Waals surface area contributed by atoms with E-state index in [2.05, 4.69) is 4.98 Å². The SMILES string of the molecule is O=C(OCc1ccc2ccccc2n1)c1ccc(Cl)cc1. The van der Waals surface area contributed by atoms with Crippen LogP contribution < -0.4 is 0 Å². The van der Waals surface area contributed by atoms with Crippen molar-refractivity contribution in [2.45, 2.75) is 6.61 Å². The number of para-hydroxylation sites is 1. The van der Waals surface area contributed by atoms with Gasteiger partial charge in [-0.15, -0.1) is 0 Å². The van der Waals surface area contributed by atoms with Crippen LogP contribution in [0.1, 0.15) is 16.1 Å². The maximum absolute atomic E-state index is 11.9. The molecule has 0 amide bonds. The van der Waals surface area contributed by atoms with Crippen LogP contribution in [0.5, 0.6) is 0 Å². The quantitative estimate of drug-likeness (QED) is 0.679. The van der Waals surface area contributed by atoms with Crippen molar-refractivity contribution >= 4 is 28.5 Å². The molecular weight excluding hydrogens is 286 g/mol. The third-order valence-electron chi connectivity index (χ3n) is 3.09. The molecule has 3 nitrogen and oxygen atoms in total. The van der Waals surface area contributed by atoms with Crippen molar-refractivity contribution in [3.05, 3.63) is 76.9 Å². The Morgan fingerprint density at radius 3 is 2.57 bits per heavy atom. The molecule has 0 aliphatic rings. The second-order valence-corrected chi connectivity index (χ2v) is 5.01. The van der Waals surface area contributed by atoms with Crippen molar-refractivity contribution in [2.24, 2.45) is 0 Å². The summed E-state index contributed by atoms with van der Waals surface area (Å²) in [5.41, 5.74) is 2.08. The van der Waals surface area contributed by atoms with Crippen molar-refractivity contribution < 1.29 is 9.53 Å². The summed E-state index contributed by atoms with van der Waals surface area (Å²) >= 11 is 5.78. The first-order valence-corrected chi connectivity index (χ1v) is 6.87. The van der Waals surface area contributed by atoms with Gasteiger partial charge in [-0.2, -0.15) is 0 Å². The highest BCUT2D eigenvalue weighted by Crippen LogP contribution is 2.14. The highest BCUT2D eigenvalue weighted by atomic mass is 35.5. The lowest BCUT2D eigenvalue weighted by atomic mass is 10.2. The molecule has 0 radical (unpaired) electrons. The Bertz CT molecular complexity index is 784. The fourth-order valence-electron chi connectivity index (χ4n) is 2.00. The number of hydrogen-bond acceptors (Lipinski definition) is 3. The summed E-state index contributed by atoms with van der Waals surface area (Å²) in [5.74, 6) is -0.387. The number of ether oxygens (including phenoxy) is 1. The van der Waals surface area contributed by atoms with Crippen LogP contribution >= 0.6 is 11.6 Å². The number of halogens is 1. The predicted molar refractivity (Wildman–Crippen MR) is 82.3 cm³/mol. The normalized spacial score (nSPS) is 10.5. The monoisotopic (exact) mass is 297 g/mol. The van der Waals surface area contributed by atoms with Gasteiger partial charge in [0.1, 0.15) is 6.61 Å². The molecule has 0 saturated heterocycles. The number of aromatic nitrogens is 1. The molecule has 0 fully saturated rings. The van der Waals surface area contributed by atoms with Gasteiger partial charge in [0, 0.05) is 10.4 Å². The van der Waals surface area contributed by atoms with Gasteiger partial charge in [0.2, 0.25) is 0 Å². The Labute approximate surface area is 127 Å². The van der Waals surface area contributed by atoms with Gasteiger partial charge in [-0.1, -0.05) is 35.9 Å². The minimum absolute atomic E-state index is 0.145. The molecule has 0 N–H and O–H groups in total. The van der Waals surface area contributed by atoms with Crippen molar-refractivity contribution in [3.63, 3.8) is 0 Å². The second-order valence-electron chi connectivity index (χ2n) is 4.58. The molecule has 104 valence electrons. The van der Waals surface area contributed by atoms with Gasteiger partial charge in [-0.05, 0) is 36.4 Å². The lowest BCUT2D eigenvalue weighted by molar-refractivity contribution is 0.0468. The predicted octanol–water partition coefficient (Wildman–Crippen LogP) is 4.25. The first kappa shape index (κ1) is 13.6. The highest BCUT2D eigenvalue weighted by Gasteiger charge is 2.07. The van der Waals surface area contributed by atoms with E-state index in [0.29, 0.717) is 10.6 Å². The lowest BCUT2D eigenvalue weighted by Gasteiger charge is -2.05. The highest BCUT2D eigenvalue weighted by molar-refractivity contribution is 6.30. The molecular formula is C17H12ClNO2. The summed E-state index contributed by atoms with van der Waals surface area (Å²) in [6.45, 7) is 0.145. The van der Waals surface area contributed by atoms with E-state index in [1.54, 1.807) is 24.3 Å². The van der Waals surface area contributed by atoms with E-state index >= 15 is 0 Å². The summed E-state index contributed by atoms with van der Waals surface area (Å²) in [6, 6.07) is 18.2. The van der Waals surface area contributed by atoms with Gasteiger partial charge in [-0.25, -0.2) is 9.78 Å². The fourth-order valence-corrected chi connectivity index (χ4v) is 2.12. The average molecular weight is 298 g/mol. The maximum atomic E-state index is 11.9. The van der Waals surface area contributed by atoms with Crippen LogP contribution in [0.3, 0.4) is 0 Å². The van der Waals surface area contributed by atoms with E-state index in [9.17, 15) is 4.79 Å². The average Bonchev–Trinajstić information content (AvgIpc) is 2.53. The molecule has 1 aromatic heterocycles. The molecule has 0 aliphatic heterocycles. The van der Waals surface area contributed by atoms with Gasteiger partial charge in [0.05, 0.1) is 16.8 Å². The Morgan fingerprint density at radius 1 is 1.00 bits per heavy atom. The van der Waals surface area contributed by atoms with Crippen LogP contribution in [-0.4, -0.2) is 11.0 Å². The number of hydrogen-bond donors (Lipinski definition) is 0. The zero-order chi connectivity index (χ0) is 14.7. The summed E-state index contributed by atoms with van der Waals surface area (Å²) in [4.78, 5) is 16.4. The van der Waals surface area contributed by atoms with Crippen LogP contribution in [0.25, 0.3) is 10.9 Å². The summed E-state index contributed by atoms with van der Waals surface area (Å²) in [5, 5.41) is 1.65. The number of pyridine rings is 1. The van der Waals surface area contributed by atoms with E-state index < -0.39 is 0 Å². The molecule has 3 rings (SSSR count). The number of nitrogens with zero attached hydrogens (tertiary/aromatic N) is 1. The maximum Gasteiger partial charge on any atom is 0.338 e. The molecule has 0 bridgehead atoms. The zero-order valence-corrected chi connectivity index (χ0v) is 11.9. The first-order valence-electron chi connectivity index (χ1n) is 6.50. The Morgan fingerprint density at radius 2 is 1.76 bits per heavy atom. The number of benzene rings is 2. The molecule has 0 unspecified atom stereocenters. The topological polar surface area (TPSA) is 39.2 Å². The van der Waals surface area contributed by atoms with Crippen LogP contribution in [0, 0.1) is 0 Å². The summed E-state index contributed by atoms with van der Waals surface area (Å²) < 4.78 is 5.26. The fraction of sp³-hybridized carbons (Fsp3) is 0.0588. The zero-order valence-electron chi connectivity index (χ0n) is 11.1. The van der Waals surface area contributed by atoms with Crippen molar-refractivity contribution in [1.82, 2.24) is 4.98 Å². The number of esters is 1. The Balaban J connectivity index is 1.71. The molecule has 0 atom stereocenters. The molecule has 0 saturated carbocycles. The van der Waals surface area contributed by atoms with Crippen LogP contribution in [0.2, 0.25) is 5.02 Å². The molecule has 1 heterocycles. The van der Waals surface area contributed by atoms with Gasteiger partial charge >= 0.3 is 5.97 Å². The minimum Gasteiger partial charge on any atom is -0.456 e. The number of rotatable bonds is 3. The minimum atomic E-state index is -0.387.